The standard InChI is InChI=1S/C15H20ClNO/c16-14-2-1-7-17(11-14)8-5-12-3-4-15-13(10-12)6-9-18-15/h3-4,10,14H,1-2,5-9,11H2. The highest BCUT2D eigenvalue weighted by molar-refractivity contribution is 6.20. The molecule has 0 saturated carbocycles. The number of hydrogen-bond acceptors (Lipinski definition) is 2. The van der Waals surface area contributed by atoms with E-state index in [9.17, 15) is 0 Å². The van der Waals surface area contributed by atoms with Crippen LogP contribution in [-0.2, 0) is 12.8 Å². The molecule has 1 aromatic carbocycles. The van der Waals surface area contributed by atoms with E-state index in [1.165, 1.54) is 30.5 Å². The Morgan fingerprint density at radius 3 is 3.22 bits per heavy atom. The van der Waals surface area contributed by atoms with Crippen molar-refractivity contribution in [3.8, 4) is 5.75 Å². The molecule has 2 aliphatic heterocycles. The lowest BCUT2D eigenvalue weighted by Gasteiger charge is -2.29. The van der Waals surface area contributed by atoms with Gasteiger partial charge in [0.1, 0.15) is 5.75 Å². The number of halogens is 1. The minimum Gasteiger partial charge on any atom is -0.493 e. The first-order valence-electron chi connectivity index (χ1n) is 6.92. The minimum atomic E-state index is 0.354. The summed E-state index contributed by atoms with van der Waals surface area (Å²) in [5.41, 5.74) is 2.80. The smallest absolute Gasteiger partial charge is 0.122 e. The summed E-state index contributed by atoms with van der Waals surface area (Å²) >= 11 is 6.21. The molecule has 3 rings (SSSR count). The van der Waals surface area contributed by atoms with Gasteiger partial charge < -0.3 is 9.64 Å². The van der Waals surface area contributed by atoms with Crippen LogP contribution in [0.4, 0.5) is 0 Å². The van der Waals surface area contributed by atoms with E-state index in [1.54, 1.807) is 0 Å². The quantitative estimate of drug-likeness (QED) is 0.780. The fourth-order valence-corrected chi connectivity index (χ4v) is 3.23. The zero-order valence-electron chi connectivity index (χ0n) is 10.7. The summed E-state index contributed by atoms with van der Waals surface area (Å²) in [5, 5.41) is 0.354. The Morgan fingerprint density at radius 1 is 1.39 bits per heavy atom. The normalized spacial score (nSPS) is 23.7. The monoisotopic (exact) mass is 265 g/mol. The molecule has 3 heteroatoms. The lowest BCUT2D eigenvalue weighted by molar-refractivity contribution is 0.235. The van der Waals surface area contributed by atoms with E-state index in [2.05, 4.69) is 23.1 Å². The van der Waals surface area contributed by atoms with E-state index < -0.39 is 0 Å². The first kappa shape index (κ1) is 12.3. The van der Waals surface area contributed by atoms with Gasteiger partial charge in [-0.1, -0.05) is 12.1 Å². The molecule has 1 saturated heterocycles. The van der Waals surface area contributed by atoms with Crippen molar-refractivity contribution in [1.29, 1.82) is 0 Å². The largest absolute Gasteiger partial charge is 0.493 e. The van der Waals surface area contributed by atoms with Crippen LogP contribution in [0.15, 0.2) is 18.2 Å². The summed E-state index contributed by atoms with van der Waals surface area (Å²) in [6.07, 6.45) is 4.61. The second-order valence-electron chi connectivity index (χ2n) is 5.33. The van der Waals surface area contributed by atoms with Crippen LogP contribution in [0.2, 0.25) is 0 Å². The molecule has 0 bridgehead atoms. The van der Waals surface area contributed by atoms with Gasteiger partial charge in [-0.15, -0.1) is 11.6 Å². The Kier molecular flexibility index (Phi) is 3.76. The summed E-state index contributed by atoms with van der Waals surface area (Å²) in [6.45, 7) is 4.23. The molecule has 0 amide bonds. The molecular weight excluding hydrogens is 246 g/mol. The number of alkyl halides is 1. The molecule has 18 heavy (non-hydrogen) atoms. The van der Waals surface area contributed by atoms with Crippen LogP contribution in [0, 0.1) is 0 Å². The van der Waals surface area contributed by atoms with Crippen molar-refractivity contribution >= 4 is 11.6 Å². The second kappa shape index (κ2) is 5.50. The average Bonchev–Trinajstić information content (AvgIpc) is 2.84. The number of rotatable bonds is 3. The molecule has 0 N–H and O–H groups in total. The van der Waals surface area contributed by atoms with Gasteiger partial charge in [-0.3, -0.25) is 0 Å². The van der Waals surface area contributed by atoms with Crippen molar-refractivity contribution in [3.63, 3.8) is 0 Å². The molecule has 1 aromatic rings. The molecule has 2 heterocycles. The van der Waals surface area contributed by atoms with E-state index in [4.69, 9.17) is 16.3 Å². The van der Waals surface area contributed by atoms with Crippen molar-refractivity contribution in [2.24, 2.45) is 0 Å². The van der Waals surface area contributed by atoms with Gasteiger partial charge in [-0.2, -0.15) is 0 Å². The molecule has 1 fully saturated rings. The third-order valence-corrected chi connectivity index (χ3v) is 4.27. The molecule has 2 aliphatic rings. The van der Waals surface area contributed by atoms with Gasteiger partial charge >= 0.3 is 0 Å². The molecule has 0 aliphatic carbocycles. The maximum absolute atomic E-state index is 6.21. The number of piperidine rings is 1. The van der Waals surface area contributed by atoms with Gasteiger partial charge in [-0.05, 0) is 43.0 Å². The van der Waals surface area contributed by atoms with Crippen LogP contribution in [0.3, 0.4) is 0 Å². The van der Waals surface area contributed by atoms with Gasteiger partial charge in [0, 0.05) is 24.9 Å². The topological polar surface area (TPSA) is 12.5 Å². The number of hydrogen-bond donors (Lipinski definition) is 0. The Hall–Kier alpha value is -0.730. The molecule has 2 nitrogen and oxygen atoms in total. The molecule has 98 valence electrons. The van der Waals surface area contributed by atoms with Crippen LogP contribution < -0.4 is 4.74 Å². The van der Waals surface area contributed by atoms with Crippen molar-refractivity contribution in [2.75, 3.05) is 26.2 Å². The lowest BCUT2D eigenvalue weighted by atomic mass is 10.0. The fraction of sp³-hybridized carbons (Fsp3) is 0.600. The molecule has 1 atom stereocenters. The van der Waals surface area contributed by atoms with E-state index in [1.807, 2.05) is 0 Å². The minimum absolute atomic E-state index is 0.354. The summed E-state index contributed by atoms with van der Waals surface area (Å²) < 4.78 is 5.53. The van der Waals surface area contributed by atoms with E-state index in [-0.39, 0.29) is 0 Å². The number of likely N-dealkylation sites (tertiary alicyclic amines) is 1. The third-order valence-electron chi connectivity index (χ3n) is 3.92. The van der Waals surface area contributed by atoms with E-state index in [0.29, 0.717) is 5.38 Å². The second-order valence-corrected chi connectivity index (χ2v) is 5.95. The Balaban J connectivity index is 1.56. The Bertz CT molecular complexity index is 421. The summed E-state index contributed by atoms with van der Waals surface area (Å²) in [4.78, 5) is 2.49. The molecular formula is C15H20ClNO. The Labute approximate surface area is 114 Å². The fourth-order valence-electron chi connectivity index (χ4n) is 2.88. The highest BCUT2D eigenvalue weighted by Crippen LogP contribution is 2.26. The number of fused-ring (bicyclic) bond motifs is 1. The molecule has 0 spiro atoms. The molecule has 0 radical (unpaired) electrons. The van der Waals surface area contributed by atoms with Gasteiger partial charge in [0.25, 0.3) is 0 Å². The molecule has 1 unspecified atom stereocenters. The van der Waals surface area contributed by atoms with Crippen molar-refractivity contribution in [3.05, 3.63) is 29.3 Å². The number of ether oxygens (including phenoxy) is 1. The van der Waals surface area contributed by atoms with Crippen LogP contribution in [0.25, 0.3) is 0 Å². The van der Waals surface area contributed by atoms with E-state index >= 15 is 0 Å². The maximum Gasteiger partial charge on any atom is 0.122 e. The zero-order valence-corrected chi connectivity index (χ0v) is 11.5. The van der Waals surface area contributed by atoms with Crippen LogP contribution in [0.1, 0.15) is 24.0 Å². The predicted octanol–water partition coefficient (Wildman–Crippen LogP) is 2.87. The SMILES string of the molecule is ClC1CCCN(CCc2ccc3c(c2)CCO3)C1. The Morgan fingerprint density at radius 2 is 2.33 bits per heavy atom. The summed E-state index contributed by atoms with van der Waals surface area (Å²) in [6, 6.07) is 6.63. The predicted molar refractivity (Wildman–Crippen MR) is 74.7 cm³/mol. The lowest BCUT2D eigenvalue weighted by Crippen LogP contribution is -2.37. The van der Waals surface area contributed by atoms with Crippen molar-refractivity contribution in [2.45, 2.75) is 31.1 Å². The first-order valence-corrected chi connectivity index (χ1v) is 7.36. The third kappa shape index (κ3) is 2.81. The summed E-state index contributed by atoms with van der Waals surface area (Å²) in [5.74, 6) is 1.08. The maximum atomic E-state index is 6.21. The van der Waals surface area contributed by atoms with Crippen LogP contribution >= 0.6 is 11.6 Å². The first-order chi connectivity index (χ1) is 8.81. The van der Waals surface area contributed by atoms with Gasteiger partial charge in [-0.25, -0.2) is 0 Å². The van der Waals surface area contributed by atoms with Crippen molar-refractivity contribution < 1.29 is 4.74 Å². The van der Waals surface area contributed by atoms with Gasteiger partial charge in [0.15, 0.2) is 0 Å². The van der Waals surface area contributed by atoms with Gasteiger partial charge in [0.2, 0.25) is 0 Å². The van der Waals surface area contributed by atoms with E-state index in [0.717, 1.165) is 38.3 Å². The molecule has 0 aromatic heterocycles. The number of nitrogens with zero attached hydrogens (tertiary/aromatic N) is 1. The number of benzene rings is 1. The van der Waals surface area contributed by atoms with Crippen LogP contribution in [0.5, 0.6) is 5.75 Å². The summed E-state index contributed by atoms with van der Waals surface area (Å²) in [7, 11) is 0. The average molecular weight is 266 g/mol. The zero-order chi connectivity index (χ0) is 12.4. The van der Waals surface area contributed by atoms with Crippen molar-refractivity contribution in [1.82, 2.24) is 4.90 Å². The highest BCUT2D eigenvalue weighted by Gasteiger charge is 2.17. The van der Waals surface area contributed by atoms with Gasteiger partial charge in [0.05, 0.1) is 6.61 Å². The van der Waals surface area contributed by atoms with Crippen LogP contribution in [-0.4, -0.2) is 36.5 Å². The highest BCUT2D eigenvalue weighted by atomic mass is 35.5.